The third-order valence-electron chi connectivity index (χ3n) is 5.98. The minimum Gasteiger partial charge on any atom is -0.481 e. The van der Waals surface area contributed by atoms with Gasteiger partial charge >= 0.3 is 11.1 Å². The summed E-state index contributed by atoms with van der Waals surface area (Å²) >= 11 is 1.28. The highest BCUT2D eigenvalue weighted by atomic mass is 32.2. The summed E-state index contributed by atoms with van der Waals surface area (Å²) in [5.41, 5.74) is 7.38. The Morgan fingerprint density at radius 2 is 1.77 bits per heavy atom. The highest BCUT2D eigenvalue weighted by Crippen LogP contribution is 2.26. The van der Waals surface area contributed by atoms with E-state index in [2.05, 4.69) is 65.8 Å². The van der Waals surface area contributed by atoms with Crippen molar-refractivity contribution in [1.29, 1.82) is 0 Å². The second-order valence-corrected chi connectivity index (χ2v) is 11.1. The SMILES string of the molecule is Cc1ccc(-[n+]2c(SCC(=O)NN=Cc3ccccc3OCC(=O)O)n[nH]c2-c2ccc(C(C)(C)C)cc2)cc1. The summed E-state index contributed by atoms with van der Waals surface area (Å²) in [5, 5.41) is 21.2. The van der Waals surface area contributed by atoms with Gasteiger partial charge in [0.15, 0.2) is 6.61 Å². The lowest BCUT2D eigenvalue weighted by Crippen LogP contribution is -2.34. The molecule has 206 valence electrons. The number of para-hydroxylation sites is 1. The fourth-order valence-electron chi connectivity index (χ4n) is 3.84. The quantitative estimate of drug-likeness (QED) is 0.113. The fraction of sp³-hybridized carbons (Fsp3) is 0.233. The lowest BCUT2D eigenvalue weighted by Gasteiger charge is -2.18. The maximum Gasteiger partial charge on any atom is 0.342 e. The lowest BCUT2D eigenvalue weighted by molar-refractivity contribution is -0.625. The standard InChI is InChI=1S/C30H31N5O4S/c1-20-9-15-24(16-10-20)35-28(21-11-13-23(14-12-21)30(2,3)4)33-34-29(35)40-19-26(36)32-31-17-22-7-5-6-8-25(22)39-18-27(37)38/h5-17H,18-19H2,1-4H3,(H2,32,36,37,38)/p+1. The number of carbonyl (C=O) groups is 2. The first-order valence-electron chi connectivity index (χ1n) is 12.7. The van der Waals surface area contributed by atoms with Gasteiger partial charge in [-0.15, -0.1) is 5.10 Å². The van der Waals surface area contributed by atoms with Gasteiger partial charge in [0.05, 0.1) is 22.6 Å². The van der Waals surface area contributed by atoms with E-state index in [0.29, 0.717) is 16.5 Å². The normalized spacial score (nSPS) is 11.5. The van der Waals surface area contributed by atoms with Crippen molar-refractivity contribution in [3.05, 3.63) is 89.5 Å². The van der Waals surface area contributed by atoms with Crippen LogP contribution in [0.1, 0.15) is 37.5 Å². The zero-order valence-corrected chi connectivity index (χ0v) is 23.7. The molecule has 0 aliphatic heterocycles. The fourth-order valence-corrected chi connectivity index (χ4v) is 4.60. The zero-order chi connectivity index (χ0) is 28.7. The van der Waals surface area contributed by atoms with E-state index in [4.69, 9.17) is 9.84 Å². The number of ether oxygens (including phenoxy) is 1. The first kappa shape index (κ1) is 28.6. The van der Waals surface area contributed by atoms with Crippen molar-refractivity contribution in [2.75, 3.05) is 12.4 Å². The number of aliphatic carboxylic acids is 1. The Kier molecular flexibility index (Phi) is 9.00. The van der Waals surface area contributed by atoms with E-state index in [1.54, 1.807) is 24.3 Å². The molecular weight excluding hydrogens is 526 g/mol. The minimum atomic E-state index is -1.08. The topological polar surface area (TPSA) is 121 Å². The van der Waals surface area contributed by atoms with E-state index < -0.39 is 12.6 Å². The number of nitrogens with zero attached hydrogens (tertiary/aromatic N) is 3. The number of carboxylic acid groups (broad SMARTS) is 1. The van der Waals surface area contributed by atoms with Crippen molar-refractivity contribution in [3.63, 3.8) is 0 Å². The van der Waals surface area contributed by atoms with Crippen molar-refractivity contribution in [3.8, 4) is 22.8 Å². The van der Waals surface area contributed by atoms with Crippen LogP contribution < -0.4 is 14.7 Å². The van der Waals surface area contributed by atoms with Crippen LogP contribution in [0.5, 0.6) is 5.75 Å². The molecule has 0 bridgehead atoms. The number of rotatable bonds is 10. The van der Waals surface area contributed by atoms with Crippen LogP contribution in [0.2, 0.25) is 0 Å². The van der Waals surface area contributed by atoms with Crippen LogP contribution in [0.15, 0.2) is 83.1 Å². The Morgan fingerprint density at radius 3 is 2.45 bits per heavy atom. The van der Waals surface area contributed by atoms with Crippen molar-refractivity contribution < 1.29 is 24.0 Å². The molecule has 0 saturated heterocycles. The molecule has 0 spiro atoms. The molecule has 9 nitrogen and oxygen atoms in total. The summed E-state index contributed by atoms with van der Waals surface area (Å²) in [6.45, 7) is 8.11. The van der Waals surface area contributed by atoms with Crippen LogP contribution in [0.3, 0.4) is 0 Å². The molecule has 3 aromatic carbocycles. The number of carboxylic acids is 1. The monoisotopic (exact) mass is 558 g/mol. The number of hydrazone groups is 1. The van der Waals surface area contributed by atoms with E-state index in [-0.39, 0.29) is 17.1 Å². The van der Waals surface area contributed by atoms with Crippen LogP contribution in [-0.2, 0) is 15.0 Å². The Balaban J connectivity index is 1.49. The summed E-state index contributed by atoms with van der Waals surface area (Å²) in [4.78, 5) is 23.4. The van der Waals surface area contributed by atoms with Crippen LogP contribution in [0.25, 0.3) is 17.1 Å². The Morgan fingerprint density at radius 1 is 1.07 bits per heavy atom. The van der Waals surface area contributed by atoms with Crippen molar-refractivity contribution >= 4 is 29.9 Å². The molecule has 0 aliphatic rings. The number of H-pyrrole nitrogens is 1. The Bertz CT molecular complexity index is 1510. The summed E-state index contributed by atoms with van der Waals surface area (Å²) < 4.78 is 7.27. The van der Waals surface area contributed by atoms with Crippen molar-refractivity contribution in [1.82, 2.24) is 15.6 Å². The van der Waals surface area contributed by atoms with Crippen LogP contribution in [-0.4, -0.2) is 45.8 Å². The molecule has 0 fully saturated rings. The van der Waals surface area contributed by atoms with Gasteiger partial charge in [0.1, 0.15) is 11.4 Å². The van der Waals surface area contributed by atoms with Gasteiger partial charge in [-0.25, -0.2) is 10.2 Å². The van der Waals surface area contributed by atoms with E-state index >= 15 is 0 Å². The summed E-state index contributed by atoms with van der Waals surface area (Å²) in [6, 6.07) is 23.4. The molecule has 1 amide bonds. The average Bonchev–Trinajstić information content (AvgIpc) is 3.35. The number of benzene rings is 3. The van der Waals surface area contributed by atoms with Gasteiger partial charge < -0.3 is 9.84 Å². The van der Waals surface area contributed by atoms with Crippen LogP contribution >= 0.6 is 11.8 Å². The highest BCUT2D eigenvalue weighted by molar-refractivity contribution is 7.99. The zero-order valence-electron chi connectivity index (χ0n) is 22.8. The maximum absolute atomic E-state index is 12.6. The predicted molar refractivity (Wildman–Crippen MR) is 155 cm³/mol. The number of hydrogen-bond donors (Lipinski definition) is 3. The van der Waals surface area contributed by atoms with Crippen molar-refractivity contribution in [2.45, 2.75) is 38.3 Å². The number of nitrogens with one attached hydrogen (secondary N) is 2. The number of amides is 1. The average molecular weight is 559 g/mol. The van der Waals surface area contributed by atoms with Gasteiger partial charge in [-0.05, 0) is 66.1 Å². The number of aromatic amines is 1. The molecule has 0 radical (unpaired) electrons. The van der Waals surface area contributed by atoms with Gasteiger partial charge in [-0.2, -0.15) is 9.67 Å². The van der Waals surface area contributed by atoms with Crippen LogP contribution in [0, 0.1) is 6.92 Å². The van der Waals surface area contributed by atoms with E-state index in [1.165, 1.54) is 23.5 Å². The molecule has 0 saturated carbocycles. The summed E-state index contributed by atoms with van der Waals surface area (Å²) in [5.74, 6) is -0.157. The van der Waals surface area contributed by atoms with Crippen molar-refractivity contribution in [2.24, 2.45) is 5.10 Å². The highest BCUT2D eigenvalue weighted by Gasteiger charge is 2.25. The molecular formula is C30H32N5O4S+. The van der Waals surface area contributed by atoms with Gasteiger partial charge in [0.25, 0.3) is 11.7 Å². The van der Waals surface area contributed by atoms with Gasteiger partial charge in [-0.1, -0.05) is 62.7 Å². The molecule has 40 heavy (non-hydrogen) atoms. The summed E-state index contributed by atoms with van der Waals surface area (Å²) in [6.07, 6.45) is 1.42. The molecule has 0 aliphatic carbocycles. The third kappa shape index (κ3) is 7.35. The number of aromatic nitrogens is 3. The Hall–Kier alpha value is -4.44. The maximum atomic E-state index is 12.6. The molecule has 3 N–H and O–H groups in total. The number of aryl methyl sites for hydroxylation is 1. The first-order chi connectivity index (χ1) is 19.1. The molecule has 1 heterocycles. The van der Waals surface area contributed by atoms with Gasteiger partial charge in [0, 0.05) is 5.56 Å². The lowest BCUT2D eigenvalue weighted by atomic mass is 9.87. The first-order valence-corrected chi connectivity index (χ1v) is 13.7. The van der Waals surface area contributed by atoms with E-state index in [1.807, 2.05) is 35.8 Å². The number of thioether (sulfide) groups is 1. The van der Waals surface area contributed by atoms with E-state index in [9.17, 15) is 9.59 Å². The molecule has 4 rings (SSSR count). The smallest absolute Gasteiger partial charge is 0.342 e. The molecule has 4 aromatic rings. The molecule has 0 unspecified atom stereocenters. The molecule has 10 heteroatoms. The minimum absolute atomic E-state index is 0.0455. The van der Waals surface area contributed by atoms with Gasteiger partial charge in [0.2, 0.25) is 0 Å². The van der Waals surface area contributed by atoms with E-state index in [0.717, 1.165) is 22.6 Å². The molecule has 1 aromatic heterocycles. The largest absolute Gasteiger partial charge is 0.481 e. The Labute approximate surface area is 237 Å². The second kappa shape index (κ2) is 12.6. The number of carbonyl (C=O) groups excluding carboxylic acids is 1. The van der Waals surface area contributed by atoms with Gasteiger partial charge in [-0.3, -0.25) is 4.79 Å². The second-order valence-electron chi connectivity index (χ2n) is 10.2. The summed E-state index contributed by atoms with van der Waals surface area (Å²) in [7, 11) is 0. The van der Waals surface area contributed by atoms with Crippen LogP contribution in [0.4, 0.5) is 0 Å². The number of hydrogen-bond acceptors (Lipinski definition) is 6. The molecule has 0 atom stereocenters. The predicted octanol–water partition coefficient (Wildman–Crippen LogP) is 4.67. The third-order valence-corrected chi connectivity index (χ3v) is 6.92.